The van der Waals surface area contributed by atoms with Crippen molar-refractivity contribution in [3.63, 3.8) is 0 Å². The van der Waals surface area contributed by atoms with E-state index in [4.69, 9.17) is 16.3 Å². The Balaban J connectivity index is 1.50. The van der Waals surface area contributed by atoms with Crippen LogP contribution in [-0.2, 0) is 11.3 Å². The molecular weight excluding hydrogens is 396 g/mol. The van der Waals surface area contributed by atoms with Crippen LogP contribution in [0.1, 0.15) is 21.1 Å². The molecule has 0 unspecified atom stereocenters. The maximum atomic E-state index is 12.4. The molecule has 3 heterocycles. The van der Waals surface area contributed by atoms with Crippen LogP contribution in [0.5, 0.6) is 0 Å². The van der Waals surface area contributed by atoms with Crippen molar-refractivity contribution in [2.45, 2.75) is 13.5 Å². The maximum Gasteiger partial charge on any atom is 0.348 e. The van der Waals surface area contributed by atoms with Gasteiger partial charge in [-0.05, 0) is 48.9 Å². The number of thiophene rings is 1. The van der Waals surface area contributed by atoms with Crippen LogP contribution in [0.3, 0.4) is 0 Å². The van der Waals surface area contributed by atoms with E-state index in [1.165, 1.54) is 21.8 Å². The molecule has 1 aromatic carbocycles. The summed E-state index contributed by atoms with van der Waals surface area (Å²) in [5.41, 5.74) is 2.52. The predicted octanol–water partition coefficient (Wildman–Crippen LogP) is 4.74. The fourth-order valence-corrected chi connectivity index (χ4v) is 3.90. The van der Waals surface area contributed by atoms with Crippen molar-refractivity contribution in [1.82, 2.24) is 9.38 Å². The van der Waals surface area contributed by atoms with Crippen molar-refractivity contribution in [2.24, 2.45) is 0 Å². The van der Waals surface area contributed by atoms with E-state index in [-0.39, 0.29) is 12.2 Å². The van der Waals surface area contributed by atoms with Crippen LogP contribution in [0, 0.1) is 6.92 Å². The van der Waals surface area contributed by atoms with Gasteiger partial charge < -0.3 is 4.74 Å². The summed E-state index contributed by atoms with van der Waals surface area (Å²) in [4.78, 5) is 30.5. The Hall–Kier alpha value is -2.96. The topological polar surface area (TPSA) is 60.7 Å². The lowest BCUT2D eigenvalue weighted by molar-refractivity contribution is 0.0473. The first-order valence-corrected chi connectivity index (χ1v) is 9.72. The molecule has 28 heavy (non-hydrogen) atoms. The molecule has 7 heteroatoms. The molecule has 0 saturated heterocycles. The quantitative estimate of drug-likeness (QED) is 0.456. The lowest BCUT2D eigenvalue weighted by atomic mass is 10.2. The minimum atomic E-state index is -0.448. The third kappa shape index (κ3) is 3.69. The van der Waals surface area contributed by atoms with E-state index in [0.29, 0.717) is 21.2 Å². The molecular formula is C21H15ClN2O3S. The third-order valence-electron chi connectivity index (χ3n) is 4.22. The summed E-state index contributed by atoms with van der Waals surface area (Å²) in [5, 5.41) is 0.661. The molecule has 0 atom stereocenters. The number of nitrogens with zero attached hydrogens (tertiary/aromatic N) is 2. The largest absolute Gasteiger partial charge is 0.455 e. The predicted molar refractivity (Wildman–Crippen MR) is 110 cm³/mol. The molecule has 0 spiro atoms. The monoisotopic (exact) mass is 410 g/mol. The first-order valence-electron chi connectivity index (χ1n) is 8.52. The highest BCUT2D eigenvalue weighted by atomic mass is 35.5. The molecule has 0 aliphatic heterocycles. The van der Waals surface area contributed by atoms with E-state index < -0.39 is 5.97 Å². The van der Waals surface area contributed by atoms with Crippen molar-refractivity contribution in [3.05, 3.63) is 92.3 Å². The zero-order chi connectivity index (χ0) is 19.7. The lowest BCUT2D eigenvalue weighted by Crippen LogP contribution is -2.18. The second kappa shape index (κ2) is 7.58. The first kappa shape index (κ1) is 18.4. The van der Waals surface area contributed by atoms with Gasteiger partial charge in [-0.3, -0.25) is 9.20 Å². The Labute approximate surface area is 169 Å². The minimum absolute atomic E-state index is 0.0628. The lowest BCUT2D eigenvalue weighted by Gasteiger charge is -2.07. The molecule has 0 amide bonds. The molecule has 0 aliphatic rings. The zero-order valence-electron chi connectivity index (χ0n) is 14.9. The van der Waals surface area contributed by atoms with Crippen LogP contribution in [0.25, 0.3) is 16.1 Å². The minimum Gasteiger partial charge on any atom is -0.455 e. The van der Waals surface area contributed by atoms with E-state index in [1.807, 2.05) is 37.3 Å². The van der Waals surface area contributed by atoms with Gasteiger partial charge in [0.2, 0.25) is 0 Å². The Morgan fingerprint density at radius 3 is 2.71 bits per heavy atom. The zero-order valence-corrected chi connectivity index (χ0v) is 16.5. The van der Waals surface area contributed by atoms with Gasteiger partial charge in [-0.2, -0.15) is 0 Å². The number of pyridine rings is 1. The number of ether oxygens (including phenoxy) is 1. The van der Waals surface area contributed by atoms with Crippen molar-refractivity contribution in [2.75, 3.05) is 0 Å². The Morgan fingerprint density at radius 2 is 1.93 bits per heavy atom. The van der Waals surface area contributed by atoms with Crippen LogP contribution in [0.15, 0.2) is 65.5 Å². The van der Waals surface area contributed by atoms with Crippen LogP contribution in [-0.4, -0.2) is 15.4 Å². The number of halogens is 1. The van der Waals surface area contributed by atoms with Crippen molar-refractivity contribution < 1.29 is 9.53 Å². The van der Waals surface area contributed by atoms with Gasteiger partial charge in [0.15, 0.2) is 0 Å². The maximum absolute atomic E-state index is 12.4. The van der Waals surface area contributed by atoms with Crippen molar-refractivity contribution in [1.29, 1.82) is 0 Å². The normalized spacial score (nSPS) is 10.9. The highest BCUT2D eigenvalue weighted by Gasteiger charge is 2.13. The Bertz CT molecular complexity index is 1230. The number of aryl methyl sites for hydroxylation is 1. The van der Waals surface area contributed by atoms with Gasteiger partial charge in [0.25, 0.3) is 5.56 Å². The molecule has 4 aromatic rings. The SMILES string of the molecule is Cc1cccc2nc(COC(=O)c3ccc(-c4ccc(Cl)cc4)s3)cc(=O)n12. The molecule has 0 N–H and O–H groups in total. The highest BCUT2D eigenvalue weighted by molar-refractivity contribution is 7.17. The number of hydrogen-bond acceptors (Lipinski definition) is 5. The van der Waals surface area contributed by atoms with Gasteiger partial charge in [0.1, 0.15) is 17.1 Å². The molecule has 4 rings (SSSR count). The van der Waals surface area contributed by atoms with Crippen molar-refractivity contribution in [3.8, 4) is 10.4 Å². The van der Waals surface area contributed by atoms with Crippen LogP contribution < -0.4 is 5.56 Å². The van der Waals surface area contributed by atoms with Gasteiger partial charge >= 0.3 is 5.97 Å². The summed E-state index contributed by atoms with van der Waals surface area (Å²) < 4.78 is 6.87. The number of aromatic nitrogens is 2. The smallest absolute Gasteiger partial charge is 0.348 e. The molecule has 0 fully saturated rings. The number of rotatable bonds is 4. The van der Waals surface area contributed by atoms with Gasteiger partial charge in [0, 0.05) is 21.7 Å². The van der Waals surface area contributed by atoms with E-state index in [9.17, 15) is 9.59 Å². The third-order valence-corrected chi connectivity index (χ3v) is 5.59. The fourth-order valence-electron chi connectivity index (χ4n) is 2.87. The number of esters is 1. The van der Waals surface area contributed by atoms with Crippen molar-refractivity contribution >= 4 is 34.6 Å². The second-order valence-corrected chi connectivity index (χ2v) is 7.71. The molecule has 140 valence electrons. The molecule has 0 bridgehead atoms. The summed E-state index contributed by atoms with van der Waals surface area (Å²) in [7, 11) is 0. The summed E-state index contributed by atoms with van der Waals surface area (Å²) in [6.07, 6.45) is 0. The second-order valence-electron chi connectivity index (χ2n) is 6.19. The standard InChI is InChI=1S/C21H15ClN2O3S/c1-13-3-2-4-19-23-16(11-20(25)24(13)19)12-27-21(26)18-10-9-17(28-18)14-5-7-15(22)8-6-14/h2-11H,12H2,1H3. The molecule has 0 aliphatic carbocycles. The average Bonchev–Trinajstić information content (AvgIpc) is 3.17. The van der Waals surface area contributed by atoms with Gasteiger partial charge in [-0.1, -0.05) is 29.8 Å². The Morgan fingerprint density at radius 1 is 1.14 bits per heavy atom. The summed E-state index contributed by atoms with van der Waals surface area (Å²) in [5.74, 6) is -0.448. The fraction of sp³-hybridized carbons (Fsp3) is 0.0952. The number of carbonyl (C=O) groups excluding carboxylic acids is 1. The van der Waals surface area contributed by atoms with Crippen LogP contribution >= 0.6 is 22.9 Å². The Kier molecular flexibility index (Phi) is 4.98. The molecule has 0 saturated carbocycles. The molecule has 3 aromatic heterocycles. The summed E-state index contributed by atoms with van der Waals surface area (Å²) >= 11 is 7.25. The van der Waals surface area contributed by atoms with E-state index >= 15 is 0 Å². The van der Waals surface area contributed by atoms with Gasteiger partial charge in [-0.15, -0.1) is 11.3 Å². The number of hydrogen-bond donors (Lipinski definition) is 0. The number of carbonyl (C=O) groups is 1. The molecule has 0 radical (unpaired) electrons. The molecule has 5 nitrogen and oxygen atoms in total. The van der Waals surface area contributed by atoms with Gasteiger partial charge in [0.05, 0.1) is 5.69 Å². The van der Waals surface area contributed by atoms with Crippen LogP contribution in [0.2, 0.25) is 5.02 Å². The number of benzene rings is 1. The summed E-state index contributed by atoms with van der Waals surface area (Å²) in [6, 6.07) is 17.8. The van der Waals surface area contributed by atoms with E-state index in [0.717, 1.165) is 16.1 Å². The first-order chi connectivity index (χ1) is 13.5. The average molecular weight is 411 g/mol. The number of fused-ring (bicyclic) bond motifs is 1. The van der Waals surface area contributed by atoms with E-state index in [2.05, 4.69) is 4.98 Å². The van der Waals surface area contributed by atoms with E-state index in [1.54, 1.807) is 24.3 Å². The highest BCUT2D eigenvalue weighted by Crippen LogP contribution is 2.29. The van der Waals surface area contributed by atoms with Gasteiger partial charge in [-0.25, -0.2) is 9.78 Å². The van der Waals surface area contributed by atoms with Crippen LogP contribution in [0.4, 0.5) is 0 Å². The summed E-state index contributed by atoms with van der Waals surface area (Å²) in [6.45, 7) is 1.78.